The first-order valence-electron chi connectivity index (χ1n) is 6.93. The van der Waals surface area contributed by atoms with Gasteiger partial charge in [0, 0.05) is 5.56 Å². The van der Waals surface area contributed by atoms with Gasteiger partial charge in [-0.3, -0.25) is 4.79 Å². The van der Waals surface area contributed by atoms with Crippen LogP contribution in [0.2, 0.25) is 0 Å². The Bertz CT molecular complexity index is 738. The minimum absolute atomic E-state index is 0.0501. The molecule has 2 aromatic rings. The molecule has 0 saturated carbocycles. The molecule has 1 aromatic carbocycles. The summed E-state index contributed by atoms with van der Waals surface area (Å²) >= 11 is 1.16. The lowest BCUT2D eigenvalue weighted by atomic mass is 10.1. The van der Waals surface area contributed by atoms with Crippen molar-refractivity contribution in [2.75, 3.05) is 20.8 Å². The minimum Gasteiger partial charge on any atom is -0.493 e. The molecule has 0 amide bonds. The van der Waals surface area contributed by atoms with Gasteiger partial charge in [0.05, 0.1) is 25.8 Å². The van der Waals surface area contributed by atoms with E-state index in [-0.39, 0.29) is 23.0 Å². The van der Waals surface area contributed by atoms with Gasteiger partial charge in [-0.25, -0.2) is 9.78 Å². The standard InChI is InChI=1S/C16H17NO5S/c1-5-22-16(19)13-15(23-9(2)17-13)14(18)10-6-7-11(20-3)12(8-10)21-4/h6-8H,5H2,1-4H3. The first-order chi connectivity index (χ1) is 11.0. The fourth-order valence-corrected chi connectivity index (χ4v) is 2.90. The molecule has 0 aliphatic rings. The number of aromatic nitrogens is 1. The van der Waals surface area contributed by atoms with E-state index in [4.69, 9.17) is 14.2 Å². The van der Waals surface area contributed by atoms with Gasteiger partial charge in [0.2, 0.25) is 5.78 Å². The average molecular weight is 335 g/mol. The van der Waals surface area contributed by atoms with Crippen LogP contribution in [-0.4, -0.2) is 37.6 Å². The van der Waals surface area contributed by atoms with E-state index in [0.717, 1.165) is 11.3 Å². The third-order valence-electron chi connectivity index (χ3n) is 3.05. The number of carbonyl (C=O) groups excluding carboxylic acids is 2. The highest BCUT2D eigenvalue weighted by Crippen LogP contribution is 2.30. The molecule has 0 atom stereocenters. The Hall–Kier alpha value is -2.41. The molecule has 122 valence electrons. The van der Waals surface area contributed by atoms with Crippen LogP contribution in [0.25, 0.3) is 0 Å². The largest absolute Gasteiger partial charge is 0.493 e. The van der Waals surface area contributed by atoms with Crippen LogP contribution in [0.15, 0.2) is 18.2 Å². The topological polar surface area (TPSA) is 74.7 Å². The number of thiazole rings is 1. The molecular formula is C16H17NO5S. The summed E-state index contributed by atoms with van der Waals surface area (Å²) in [4.78, 5) is 29.1. The maximum absolute atomic E-state index is 12.7. The van der Waals surface area contributed by atoms with E-state index in [1.54, 1.807) is 32.0 Å². The zero-order chi connectivity index (χ0) is 17.0. The van der Waals surface area contributed by atoms with E-state index in [1.165, 1.54) is 14.2 Å². The van der Waals surface area contributed by atoms with Gasteiger partial charge in [0.1, 0.15) is 4.88 Å². The van der Waals surface area contributed by atoms with Crippen LogP contribution in [0, 0.1) is 6.92 Å². The lowest BCUT2D eigenvalue weighted by Gasteiger charge is -2.09. The monoisotopic (exact) mass is 335 g/mol. The summed E-state index contributed by atoms with van der Waals surface area (Å²) in [5, 5.41) is 0.622. The van der Waals surface area contributed by atoms with Gasteiger partial charge in [-0.05, 0) is 32.0 Å². The molecule has 6 nitrogen and oxygen atoms in total. The number of ketones is 1. The maximum Gasteiger partial charge on any atom is 0.358 e. The molecule has 2 rings (SSSR count). The Balaban J connectivity index is 2.43. The van der Waals surface area contributed by atoms with Crippen LogP contribution >= 0.6 is 11.3 Å². The zero-order valence-corrected chi connectivity index (χ0v) is 14.2. The summed E-state index contributed by atoms with van der Waals surface area (Å²) in [6, 6.07) is 4.84. The average Bonchev–Trinajstić information content (AvgIpc) is 2.95. The van der Waals surface area contributed by atoms with Crippen molar-refractivity contribution in [2.45, 2.75) is 13.8 Å². The van der Waals surface area contributed by atoms with Crippen LogP contribution in [-0.2, 0) is 4.74 Å². The maximum atomic E-state index is 12.7. The Morgan fingerprint density at radius 1 is 1.17 bits per heavy atom. The fourth-order valence-electron chi connectivity index (χ4n) is 2.03. The Morgan fingerprint density at radius 3 is 2.48 bits per heavy atom. The second-order valence-electron chi connectivity index (χ2n) is 4.53. The molecule has 0 aliphatic carbocycles. The Morgan fingerprint density at radius 2 is 1.87 bits per heavy atom. The third-order valence-corrected chi connectivity index (χ3v) is 4.02. The van der Waals surface area contributed by atoms with E-state index in [2.05, 4.69) is 4.98 Å². The second kappa shape index (κ2) is 7.23. The van der Waals surface area contributed by atoms with Gasteiger partial charge in [0.15, 0.2) is 17.2 Å². The van der Waals surface area contributed by atoms with E-state index in [0.29, 0.717) is 22.1 Å². The molecule has 0 radical (unpaired) electrons. The first-order valence-corrected chi connectivity index (χ1v) is 7.74. The molecule has 0 N–H and O–H groups in total. The van der Waals surface area contributed by atoms with Gasteiger partial charge in [0.25, 0.3) is 0 Å². The van der Waals surface area contributed by atoms with Gasteiger partial charge in [-0.2, -0.15) is 0 Å². The summed E-state index contributed by atoms with van der Waals surface area (Å²) in [5.74, 6) is 0.0627. The summed E-state index contributed by atoms with van der Waals surface area (Å²) in [5.41, 5.74) is 0.436. The summed E-state index contributed by atoms with van der Waals surface area (Å²) in [6.45, 7) is 3.66. The number of benzene rings is 1. The number of hydrogen-bond donors (Lipinski definition) is 0. The minimum atomic E-state index is -0.597. The number of ether oxygens (including phenoxy) is 3. The molecule has 0 saturated heterocycles. The molecule has 0 fully saturated rings. The number of carbonyl (C=O) groups is 2. The lowest BCUT2D eigenvalue weighted by molar-refractivity contribution is 0.0517. The second-order valence-corrected chi connectivity index (χ2v) is 5.73. The number of methoxy groups -OCH3 is 2. The van der Waals surface area contributed by atoms with Crippen molar-refractivity contribution < 1.29 is 23.8 Å². The molecule has 7 heteroatoms. The highest BCUT2D eigenvalue weighted by molar-refractivity contribution is 7.14. The van der Waals surface area contributed by atoms with Crippen molar-refractivity contribution in [1.29, 1.82) is 0 Å². The van der Waals surface area contributed by atoms with Crippen molar-refractivity contribution >= 4 is 23.1 Å². The number of esters is 1. The van der Waals surface area contributed by atoms with Gasteiger partial charge < -0.3 is 14.2 Å². The van der Waals surface area contributed by atoms with Crippen molar-refractivity contribution in [3.05, 3.63) is 39.3 Å². The lowest BCUT2D eigenvalue weighted by Crippen LogP contribution is -2.11. The molecule has 1 heterocycles. The fraction of sp³-hybridized carbons (Fsp3) is 0.312. The molecular weight excluding hydrogens is 318 g/mol. The van der Waals surface area contributed by atoms with E-state index < -0.39 is 5.97 Å². The van der Waals surface area contributed by atoms with E-state index in [9.17, 15) is 9.59 Å². The summed E-state index contributed by atoms with van der Waals surface area (Å²) in [6.07, 6.45) is 0. The predicted octanol–water partition coefficient (Wildman–Crippen LogP) is 2.88. The molecule has 0 unspecified atom stereocenters. The zero-order valence-electron chi connectivity index (χ0n) is 13.3. The Kier molecular flexibility index (Phi) is 5.33. The number of rotatable bonds is 6. The SMILES string of the molecule is CCOC(=O)c1nc(C)sc1C(=O)c1ccc(OC)c(OC)c1. The molecule has 0 bridgehead atoms. The van der Waals surface area contributed by atoms with Gasteiger partial charge in [-0.1, -0.05) is 0 Å². The van der Waals surface area contributed by atoms with Crippen molar-refractivity contribution in [3.63, 3.8) is 0 Å². The van der Waals surface area contributed by atoms with Crippen LogP contribution in [0.4, 0.5) is 0 Å². The van der Waals surface area contributed by atoms with Crippen LogP contribution in [0.1, 0.15) is 37.7 Å². The first kappa shape index (κ1) is 17.0. The normalized spacial score (nSPS) is 10.3. The van der Waals surface area contributed by atoms with Crippen molar-refractivity contribution in [3.8, 4) is 11.5 Å². The predicted molar refractivity (Wildman–Crippen MR) is 85.8 cm³/mol. The van der Waals surface area contributed by atoms with Crippen molar-refractivity contribution in [1.82, 2.24) is 4.98 Å². The smallest absolute Gasteiger partial charge is 0.358 e. The van der Waals surface area contributed by atoms with Gasteiger partial charge in [-0.15, -0.1) is 11.3 Å². The van der Waals surface area contributed by atoms with Crippen LogP contribution in [0.3, 0.4) is 0 Å². The van der Waals surface area contributed by atoms with Crippen LogP contribution in [0.5, 0.6) is 11.5 Å². The molecule has 23 heavy (non-hydrogen) atoms. The molecule has 1 aromatic heterocycles. The molecule has 0 spiro atoms. The van der Waals surface area contributed by atoms with E-state index in [1.807, 2.05) is 0 Å². The van der Waals surface area contributed by atoms with Crippen LogP contribution < -0.4 is 9.47 Å². The number of nitrogens with zero attached hydrogens (tertiary/aromatic N) is 1. The highest BCUT2D eigenvalue weighted by atomic mass is 32.1. The number of aryl methyl sites for hydroxylation is 1. The Labute approximate surface area is 138 Å². The number of hydrogen-bond acceptors (Lipinski definition) is 7. The van der Waals surface area contributed by atoms with Crippen molar-refractivity contribution in [2.24, 2.45) is 0 Å². The van der Waals surface area contributed by atoms with E-state index >= 15 is 0 Å². The summed E-state index contributed by atoms with van der Waals surface area (Å²) in [7, 11) is 3.01. The molecule has 0 aliphatic heterocycles. The third kappa shape index (κ3) is 3.50. The quantitative estimate of drug-likeness (QED) is 0.597. The summed E-state index contributed by atoms with van der Waals surface area (Å²) < 4.78 is 15.3. The highest BCUT2D eigenvalue weighted by Gasteiger charge is 2.25. The van der Waals surface area contributed by atoms with Gasteiger partial charge >= 0.3 is 5.97 Å².